The smallest absolute Gasteiger partial charge is 0.230 e. The lowest BCUT2D eigenvalue weighted by Crippen LogP contribution is -2.35. The highest BCUT2D eigenvalue weighted by Crippen LogP contribution is 2.25. The average molecular weight is 466 g/mol. The molecule has 1 aromatic heterocycles. The number of thiazole rings is 1. The highest BCUT2D eigenvalue weighted by Gasteiger charge is 2.13. The summed E-state index contributed by atoms with van der Waals surface area (Å²) in [4.78, 5) is 19.6. The van der Waals surface area contributed by atoms with E-state index in [1.807, 2.05) is 29.6 Å². The van der Waals surface area contributed by atoms with Crippen molar-refractivity contribution in [2.24, 2.45) is 5.92 Å². The summed E-state index contributed by atoms with van der Waals surface area (Å²) in [7, 11) is 0. The molecule has 1 aliphatic heterocycles. The van der Waals surface area contributed by atoms with Crippen molar-refractivity contribution >= 4 is 22.9 Å². The van der Waals surface area contributed by atoms with Gasteiger partial charge in [0.15, 0.2) is 0 Å². The third-order valence-corrected chi connectivity index (χ3v) is 6.24. The number of ether oxygens (including phenoxy) is 2. The van der Waals surface area contributed by atoms with Crippen LogP contribution in [0.15, 0.2) is 53.9 Å². The second-order valence-electron chi connectivity index (χ2n) is 8.69. The molecule has 0 spiro atoms. The first-order valence-corrected chi connectivity index (χ1v) is 12.3. The van der Waals surface area contributed by atoms with Gasteiger partial charge in [-0.1, -0.05) is 32.0 Å². The number of nitrogens with zero attached hydrogens (tertiary/aromatic N) is 2. The van der Waals surface area contributed by atoms with Gasteiger partial charge < -0.3 is 14.8 Å². The summed E-state index contributed by atoms with van der Waals surface area (Å²) in [5.41, 5.74) is 3.89. The van der Waals surface area contributed by atoms with Gasteiger partial charge in [0, 0.05) is 36.3 Å². The van der Waals surface area contributed by atoms with Gasteiger partial charge in [0.2, 0.25) is 5.91 Å². The Labute approximate surface area is 199 Å². The van der Waals surface area contributed by atoms with Crippen molar-refractivity contribution in [1.82, 2.24) is 9.88 Å². The van der Waals surface area contributed by atoms with E-state index >= 15 is 0 Å². The number of nitrogens with one attached hydrogen (secondary N) is 1. The van der Waals surface area contributed by atoms with Gasteiger partial charge in [0.25, 0.3) is 0 Å². The van der Waals surface area contributed by atoms with Gasteiger partial charge in [-0.2, -0.15) is 0 Å². The number of carbonyl (C=O) groups excluding carboxylic acids is 1. The molecular formula is C26H31N3O3S. The van der Waals surface area contributed by atoms with E-state index in [9.17, 15) is 4.79 Å². The molecule has 0 saturated carbocycles. The second kappa shape index (κ2) is 11.4. The van der Waals surface area contributed by atoms with Crippen LogP contribution in [-0.4, -0.2) is 48.7 Å². The summed E-state index contributed by atoms with van der Waals surface area (Å²) in [6.45, 7) is 9.35. The van der Waals surface area contributed by atoms with E-state index < -0.39 is 0 Å². The molecule has 3 aromatic rings. The average Bonchev–Trinajstić information content (AvgIpc) is 3.28. The van der Waals surface area contributed by atoms with Crippen molar-refractivity contribution in [2.75, 3.05) is 38.2 Å². The summed E-state index contributed by atoms with van der Waals surface area (Å²) in [6.07, 6.45) is 0.246. The molecule has 0 radical (unpaired) electrons. The van der Waals surface area contributed by atoms with Crippen LogP contribution in [0.4, 0.5) is 5.69 Å². The van der Waals surface area contributed by atoms with Gasteiger partial charge >= 0.3 is 0 Å². The molecule has 6 nitrogen and oxygen atoms in total. The van der Waals surface area contributed by atoms with Crippen molar-refractivity contribution in [3.05, 3.63) is 65.2 Å². The maximum absolute atomic E-state index is 12.5. The Morgan fingerprint density at radius 3 is 2.73 bits per heavy atom. The van der Waals surface area contributed by atoms with Gasteiger partial charge in [0.1, 0.15) is 10.8 Å². The Kier molecular flexibility index (Phi) is 8.10. The van der Waals surface area contributed by atoms with Gasteiger partial charge in [-0.3, -0.25) is 9.69 Å². The fraction of sp³-hybridized carbons (Fsp3) is 0.385. The Balaban J connectivity index is 1.32. The molecule has 1 N–H and O–H groups in total. The lowest BCUT2D eigenvalue weighted by Gasteiger charge is -2.26. The fourth-order valence-corrected chi connectivity index (χ4v) is 4.42. The van der Waals surface area contributed by atoms with Gasteiger partial charge in [-0.25, -0.2) is 4.98 Å². The largest absolute Gasteiger partial charge is 0.493 e. The number of hydrogen-bond donors (Lipinski definition) is 1. The second-order valence-corrected chi connectivity index (χ2v) is 9.55. The number of benzene rings is 2. The topological polar surface area (TPSA) is 63.7 Å². The van der Waals surface area contributed by atoms with Crippen molar-refractivity contribution < 1.29 is 14.3 Å². The summed E-state index contributed by atoms with van der Waals surface area (Å²) in [6, 6.07) is 16.0. The van der Waals surface area contributed by atoms with Crippen molar-refractivity contribution in [3.8, 4) is 16.3 Å². The summed E-state index contributed by atoms with van der Waals surface area (Å²) >= 11 is 1.57. The number of amides is 1. The number of morpholine rings is 1. The van der Waals surface area contributed by atoms with Crippen LogP contribution < -0.4 is 10.1 Å². The summed E-state index contributed by atoms with van der Waals surface area (Å²) < 4.78 is 11.1. The van der Waals surface area contributed by atoms with E-state index in [1.54, 1.807) is 11.3 Å². The molecule has 2 heterocycles. The molecule has 1 fully saturated rings. The molecule has 0 unspecified atom stereocenters. The van der Waals surface area contributed by atoms with Gasteiger partial charge in [-0.05, 0) is 41.8 Å². The Hall–Kier alpha value is -2.74. The highest BCUT2D eigenvalue weighted by molar-refractivity contribution is 7.13. The zero-order chi connectivity index (χ0) is 23.0. The highest BCUT2D eigenvalue weighted by atomic mass is 32.1. The fourth-order valence-electron chi connectivity index (χ4n) is 3.61. The molecule has 4 rings (SSSR count). The monoisotopic (exact) mass is 465 g/mol. The molecule has 7 heteroatoms. The predicted octanol–water partition coefficient (Wildman–Crippen LogP) is 4.86. The quantitative estimate of drug-likeness (QED) is 0.489. The van der Waals surface area contributed by atoms with Gasteiger partial charge in [0.05, 0.1) is 31.9 Å². The zero-order valence-electron chi connectivity index (χ0n) is 19.3. The molecule has 2 aromatic carbocycles. The van der Waals surface area contributed by atoms with E-state index in [0.717, 1.165) is 60.5 Å². The molecule has 1 amide bonds. The van der Waals surface area contributed by atoms with E-state index in [1.165, 1.54) is 5.56 Å². The molecule has 0 atom stereocenters. The van der Waals surface area contributed by atoms with Crippen LogP contribution in [0.25, 0.3) is 10.6 Å². The van der Waals surface area contributed by atoms with Crippen LogP contribution in [-0.2, 0) is 22.5 Å². The maximum Gasteiger partial charge on any atom is 0.230 e. The molecule has 174 valence electrons. The Morgan fingerprint density at radius 1 is 1.18 bits per heavy atom. The number of hydrogen-bond acceptors (Lipinski definition) is 6. The molecule has 1 aliphatic rings. The molecule has 0 aliphatic carbocycles. The summed E-state index contributed by atoms with van der Waals surface area (Å²) in [5.74, 6) is 1.20. The first-order chi connectivity index (χ1) is 16.0. The van der Waals surface area contributed by atoms with Crippen LogP contribution in [0.1, 0.15) is 25.1 Å². The van der Waals surface area contributed by atoms with E-state index in [2.05, 4.69) is 48.3 Å². The third-order valence-electron chi connectivity index (χ3n) is 5.30. The maximum atomic E-state index is 12.5. The van der Waals surface area contributed by atoms with Crippen LogP contribution in [0.3, 0.4) is 0 Å². The first kappa shape index (κ1) is 23.4. The molecular weight excluding hydrogens is 434 g/mol. The number of aromatic nitrogens is 1. The van der Waals surface area contributed by atoms with Crippen LogP contribution >= 0.6 is 11.3 Å². The number of rotatable bonds is 9. The lowest BCUT2D eigenvalue weighted by atomic mass is 10.1. The minimum Gasteiger partial charge on any atom is -0.493 e. The minimum absolute atomic E-state index is 0.0798. The lowest BCUT2D eigenvalue weighted by molar-refractivity contribution is -0.115. The number of anilines is 1. The predicted molar refractivity (Wildman–Crippen MR) is 133 cm³/mol. The van der Waals surface area contributed by atoms with Crippen LogP contribution in [0, 0.1) is 5.92 Å². The van der Waals surface area contributed by atoms with E-state index in [-0.39, 0.29) is 12.3 Å². The molecule has 0 bridgehead atoms. The van der Waals surface area contributed by atoms with Crippen molar-refractivity contribution in [3.63, 3.8) is 0 Å². The van der Waals surface area contributed by atoms with E-state index in [0.29, 0.717) is 12.5 Å². The zero-order valence-corrected chi connectivity index (χ0v) is 20.1. The Morgan fingerprint density at radius 2 is 1.97 bits per heavy atom. The van der Waals surface area contributed by atoms with Crippen molar-refractivity contribution in [2.45, 2.75) is 26.8 Å². The minimum atomic E-state index is -0.0798. The van der Waals surface area contributed by atoms with E-state index in [4.69, 9.17) is 14.5 Å². The molecule has 33 heavy (non-hydrogen) atoms. The Bertz CT molecular complexity index is 1040. The van der Waals surface area contributed by atoms with Crippen molar-refractivity contribution in [1.29, 1.82) is 0 Å². The number of carbonyl (C=O) groups is 1. The third kappa shape index (κ3) is 7.12. The van der Waals surface area contributed by atoms with Crippen LogP contribution in [0.5, 0.6) is 5.75 Å². The van der Waals surface area contributed by atoms with Crippen LogP contribution in [0.2, 0.25) is 0 Å². The standard InChI is InChI=1S/C26H31N3O3S/c1-19(2)17-32-24-8-6-22(7-9-24)27-25(30)15-23-18-33-26(28-23)21-5-3-4-20(14-21)16-29-10-12-31-13-11-29/h3-9,14,18-19H,10-13,15-17H2,1-2H3,(H,27,30). The first-order valence-electron chi connectivity index (χ1n) is 11.4. The van der Waals surface area contributed by atoms with Gasteiger partial charge in [-0.15, -0.1) is 11.3 Å². The normalized spacial score (nSPS) is 14.4. The SMILES string of the molecule is CC(C)COc1ccc(NC(=O)Cc2csc(-c3cccc(CN4CCOCC4)c3)n2)cc1. The molecule has 1 saturated heterocycles. The summed E-state index contributed by atoms with van der Waals surface area (Å²) in [5, 5.41) is 5.84.